The number of rotatable bonds is 9. The number of piperidine rings is 1. The summed E-state index contributed by atoms with van der Waals surface area (Å²) >= 11 is 0. The van der Waals surface area contributed by atoms with Crippen molar-refractivity contribution in [3.63, 3.8) is 0 Å². The molecule has 0 spiro atoms. The van der Waals surface area contributed by atoms with E-state index < -0.39 is 0 Å². The highest BCUT2D eigenvalue weighted by atomic mass is 16.5. The minimum atomic E-state index is 0.392. The summed E-state index contributed by atoms with van der Waals surface area (Å²) in [4.78, 5) is 9.59. The number of hydrogen-bond donors (Lipinski definition) is 2. The van der Waals surface area contributed by atoms with Gasteiger partial charge in [0.25, 0.3) is 0 Å². The third kappa shape index (κ3) is 5.08. The Bertz CT molecular complexity index is 1290. The average Bonchev–Trinajstić information content (AvgIpc) is 3.43. The lowest BCUT2D eigenvalue weighted by Crippen LogP contribution is -2.32. The first-order chi connectivity index (χ1) is 17.5. The predicted molar refractivity (Wildman–Crippen MR) is 146 cm³/mol. The molecule has 4 heterocycles. The number of nitrogens with zero attached hydrogens (tertiary/aromatic N) is 6. The van der Waals surface area contributed by atoms with E-state index >= 15 is 0 Å². The van der Waals surface area contributed by atoms with Crippen LogP contribution in [0.3, 0.4) is 0 Å². The van der Waals surface area contributed by atoms with Gasteiger partial charge in [-0.05, 0) is 58.2 Å². The van der Waals surface area contributed by atoms with Crippen LogP contribution >= 0.6 is 0 Å². The van der Waals surface area contributed by atoms with Crippen molar-refractivity contribution in [1.29, 1.82) is 5.41 Å². The molecule has 9 heteroatoms. The number of pyridine rings is 1. The van der Waals surface area contributed by atoms with Gasteiger partial charge in [-0.3, -0.25) is 10.3 Å². The van der Waals surface area contributed by atoms with Crippen LogP contribution in [0, 0.1) is 5.41 Å². The number of likely N-dealkylation sites (tertiary alicyclic amines) is 1. The quantitative estimate of drug-likeness (QED) is 0.480. The average molecular weight is 489 g/mol. The van der Waals surface area contributed by atoms with Gasteiger partial charge in [-0.15, -0.1) is 5.10 Å². The Labute approximate surface area is 212 Å². The van der Waals surface area contributed by atoms with Crippen LogP contribution in [-0.2, 0) is 11.8 Å². The molecule has 0 aromatic carbocycles. The van der Waals surface area contributed by atoms with Crippen LogP contribution in [0.5, 0.6) is 0 Å². The number of nitrogens with one attached hydrogen (secondary N) is 2. The van der Waals surface area contributed by atoms with Crippen LogP contribution in [0.1, 0.15) is 30.5 Å². The van der Waals surface area contributed by atoms with E-state index in [0.717, 1.165) is 60.9 Å². The zero-order valence-corrected chi connectivity index (χ0v) is 21.5. The zero-order valence-electron chi connectivity index (χ0n) is 21.5. The molecule has 0 bridgehead atoms. The molecule has 0 atom stereocenters. The second kappa shape index (κ2) is 10.7. The molecule has 2 N–H and O–H groups in total. The maximum absolute atomic E-state index is 8.94. The number of likely N-dealkylation sites (N-methyl/N-ethyl adjacent to an activating group) is 1. The highest BCUT2D eigenvalue weighted by Crippen LogP contribution is 2.33. The first-order valence-corrected chi connectivity index (χ1v) is 12.8. The van der Waals surface area contributed by atoms with Crippen LogP contribution < -0.4 is 5.32 Å². The maximum atomic E-state index is 8.94. The van der Waals surface area contributed by atoms with E-state index in [1.54, 1.807) is 0 Å². The molecule has 3 aromatic heterocycles. The number of ether oxygens (including phenoxy) is 1. The molecule has 9 nitrogen and oxygen atoms in total. The Balaban J connectivity index is 1.46. The second-order valence-corrected chi connectivity index (χ2v) is 9.78. The number of allylic oxidation sites excluding steroid dienone is 1. The Morgan fingerprint density at radius 2 is 1.97 bits per heavy atom. The SMILES string of the molecule is CN(C)CCNc1nn2ccccc2c1N=C1C=C(OCCN2CCCCC2)c2c(ccn2C)C1=N. The second-order valence-electron chi connectivity index (χ2n) is 9.78. The van der Waals surface area contributed by atoms with Gasteiger partial charge < -0.3 is 19.5 Å². The molecule has 2 aliphatic rings. The van der Waals surface area contributed by atoms with Crippen molar-refractivity contribution in [1.82, 2.24) is 24.0 Å². The van der Waals surface area contributed by atoms with Crippen LogP contribution in [0.4, 0.5) is 11.5 Å². The predicted octanol–water partition coefficient (Wildman–Crippen LogP) is 3.64. The molecule has 190 valence electrons. The number of aliphatic imine (C=N–C) groups is 1. The molecule has 1 fully saturated rings. The van der Waals surface area contributed by atoms with Gasteiger partial charge in [-0.1, -0.05) is 12.5 Å². The summed E-state index contributed by atoms with van der Waals surface area (Å²) in [5, 5.41) is 17.1. The van der Waals surface area contributed by atoms with Crippen molar-refractivity contribution < 1.29 is 4.74 Å². The Morgan fingerprint density at radius 3 is 2.78 bits per heavy atom. The Kier molecular flexibility index (Phi) is 7.20. The standard InChI is InChI=1S/C27H36N8O/c1-32(2)16-11-29-27-25(22-9-5-8-14-35(22)31-27)30-21-19-23(26-20(24(21)28)10-15-33(26)3)36-18-17-34-12-6-4-7-13-34/h5,8-10,14-15,19,28H,4,6-7,11-13,16-18H2,1-3H3,(H,29,31). The van der Waals surface area contributed by atoms with Gasteiger partial charge in [0.05, 0.1) is 22.6 Å². The highest BCUT2D eigenvalue weighted by Gasteiger charge is 2.26. The maximum Gasteiger partial charge on any atom is 0.175 e. The molecule has 0 amide bonds. The summed E-state index contributed by atoms with van der Waals surface area (Å²) in [6.45, 7) is 5.44. The van der Waals surface area contributed by atoms with Gasteiger partial charge in [-0.25, -0.2) is 9.51 Å². The van der Waals surface area contributed by atoms with Gasteiger partial charge in [0, 0.05) is 50.7 Å². The van der Waals surface area contributed by atoms with Gasteiger partial charge in [0.2, 0.25) is 0 Å². The molecule has 1 saturated heterocycles. The van der Waals surface area contributed by atoms with E-state index in [9.17, 15) is 0 Å². The van der Waals surface area contributed by atoms with Crippen LogP contribution in [0.2, 0.25) is 0 Å². The van der Waals surface area contributed by atoms with Gasteiger partial charge in [0.15, 0.2) is 5.82 Å². The smallest absolute Gasteiger partial charge is 0.175 e. The molecule has 0 saturated carbocycles. The van der Waals surface area contributed by atoms with E-state index in [2.05, 4.69) is 15.1 Å². The number of fused-ring (bicyclic) bond motifs is 2. The molecule has 0 unspecified atom stereocenters. The minimum absolute atomic E-state index is 0.392. The van der Waals surface area contributed by atoms with Crippen molar-refractivity contribution in [2.75, 3.05) is 58.7 Å². The molecule has 3 aromatic rings. The third-order valence-corrected chi connectivity index (χ3v) is 6.81. The topological polar surface area (TPSA) is 86.2 Å². The van der Waals surface area contributed by atoms with Crippen molar-refractivity contribution in [3.05, 3.63) is 54.0 Å². The Hall–Kier alpha value is -3.43. The monoisotopic (exact) mass is 488 g/mol. The van der Waals surface area contributed by atoms with E-state index in [4.69, 9.17) is 20.2 Å². The minimum Gasteiger partial charge on any atom is -0.490 e. The van der Waals surface area contributed by atoms with Gasteiger partial charge in [-0.2, -0.15) is 0 Å². The van der Waals surface area contributed by atoms with E-state index in [1.165, 1.54) is 19.3 Å². The number of hydrogen-bond acceptors (Lipinski definition) is 7. The summed E-state index contributed by atoms with van der Waals surface area (Å²) < 4.78 is 10.2. The summed E-state index contributed by atoms with van der Waals surface area (Å²) in [7, 11) is 6.09. The van der Waals surface area contributed by atoms with Crippen LogP contribution in [-0.4, -0.2) is 88.8 Å². The van der Waals surface area contributed by atoms with Crippen molar-refractivity contribution in [2.45, 2.75) is 19.3 Å². The first kappa shape index (κ1) is 24.3. The molecule has 1 aliphatic carbocycles. The molecule has 5 rings (SSSR count). The van der Waals surface area contributed by atoms with Gasteiger partial charge >= 0.3 is 0 Å². The van der Waals surface area contributed by atoms with E-state index in [1.807, 2.05) is 73.0 Å². The zero-order chi connectivity index (χ0) is 25.1. The molecular weight excluding hydrogens is 452 g/mol. The summed E-state index contributed by atoms with van der Waals surface area (Å²) in [6, 6.07) is 7.91. The normalized spacial score (nSPS) is 17.6. The highest BCUT2D eigenvalue weighted by molar-refractivity contribution is 6.54. The molecule has 1 aliphatic heterocycles. The fourth-order valence-corrected chi connectivity index (χ4v) is 4.84. The molecular formula is C27H36N8O. The molecule has 0 radical (unpaired) electrons. The van der Waals surface area contributed by atoms with Crippen molar-refractivity contribution in [3.8, 4) is 0 Å². The Morgan fingerprint density at radius 1 is 1.14 bits per heavy atom. The van der Waals surface area contributed by atoms with E-state index in [0.29, 0.717) is 23.8 Å². The van der Waals surface area contributed by atoms with Crippen LogP contribution in [0.15, 0.2) is 47.7 Å². The summed E-state index contributed by atoms with van der Waals surface area (Å²) in [6.07, 6.45) is 9.67. The summed E-state index contributed by atoms with van der Waals surface area (Å²) in [5.41, 5.74) is 4.37. The largest absolute Gasteiger partial charge is 0.490 e. The van der Waals surface area contributed by atoms with Gasteiger partial charge in [0.1, 0.15) is 18.1 Å². The lowest BCUT2D eigenvalue weighted by molar-refractivity contribution is 0.169. The fraction of sp³-hybridized carbons (Fsp3) is 0.444. The lowest BCUT2D eigenvalue weighted by Gasteiger charge is -2.27. The number of aryl methyl sites for hydroxylation is 1. The number of aromatic nitrogens is 3. The number of anilines is 1. The lowest BCUT2D eigenvalue weighted by atomic mass is 9.98. The third-order valence-electron chi connectivity index (χ3n) is 6.81. The van der Waals surface area contributed by atoms with Crippen molar-refractivity contribution >= 4 is 34.2 Å². The first-order valence-electron chi connectivity index (χ1n) is 12.8. The molecule has 36 heavy (non-hydrogen) atoms. The van der Waals surface area contributed by atoms with Crippen LogP contribution in [0.25, 0.3) is 11.3 Å². The summed E-state index contributed by atoms with van der Waals surface area (Å²) in [5.74, 6) is 1.48. The van der Waals surface area contributed by atoms with Crippen molar-refractivity contribution in [2.24, 2.45) is 12.0 Å². The van der Waals surface area contributed by atoms with E-state index in [-0.39, 0.29) is 0 Å². The fourth-order valence-electron chi connectivity index (χ4n) is 4.84.